The first-order valence-corrected chi connectivity index (χ1v) is 6.87. The Balaban J connectivity index is 2.82. The van der Waals surface area contributed by atoms with Gasteiger partial charge in [-0.2, -0.15) is 11.6 Å². The molecule has 65 valence electrons. The van der Waals surface area contributed by atoms with Crippen LogP contribution in [0.1, 0.15) is 0 Å². The zero-order valence-electron chi connectivity index (χ0n) is 7.74. The summed E-state index contributed by atoms with van der Waals surface area (Å²) < 4.78 is 9.80. The van der Waals surface area contributed by atoms with Crippen LogP contribution < -0.4 is 3.79 Å². The molecule has 1 rings (SSSR count). The molecule has 0 aromatic heterocycles. The smallest absolute Gasteiger partial charge is 0.290 e. The lowest BCUT2D eigenvalue weighted by molar-refractivity contribution is 0.131. The third kappa shape index (κ3) is 2.44. The van der Waals surface area contributed by atoms with Crippen LogP contribution in [0.15, 0.2) is 24.3 Å². The summed E-state index contributed by atoms with van der Waals surface area (Å²) >= 11 is -0.999. The molecule has 12 heavy (non-hydrogen) atoms. The summed E-state index contributed by atoms with van der Waals surface area (Å²) in [7, 11) is 1.78. The highest BCUT2D eigenvalue weighted by atomic mass is 27.2. The van der Waals surface area contributed by atoms with E-state index in [1.807, 2.05) is 24.3 Å². The highest BCUT2D eigenvalue weighted by molar-refractivity contribution is 6.49. The average molecular weight is 181 g/mol. The van der Waals surface area contributed by atoms with E-state index in [9.17, 15) is 0 Å². The van der Waals surface area contributed by atoms with E-state index in [2.05, 4.69) is 16.3 Å². The van der Waals surface area contributed by atoms with Crippen molar-refractivity contribution in [2.24, 2.45) is 0 Å². The molecule has 0 heterocycles. The summed E-state index contributed by atoms with van der Waals surface area (Å²) in [4.78, 5) is 0. The SMILES string of the molecule is C[OH+]c1ccccc1[O][Al-]([CH3])[CH3]. The molecule has 0 saturated carbocycles. The molecule has 1 aromatic carbocycles. The summed E-state index contributed by atoms with van der Waals surface area (Å²) in [6.45, 7) is 0. The van der Waals surface area contributed by atoms with Gasteiger partial charge in [0.05, 0.1) is 0 Å². The predicted octanol–water partition coefficient (Wildman–Crippen LogP) is 2.19. The molecule has 0 unspecified atom stereocenters. The molecule has 0 bridgehead atoms. The van der Waals surface area contributed by atoms with Crippen molar-refractivity contribution in [2.45, 2.75) is 11.6 Å². The quantitative estimate of drug-likeness (QED) is 0.517. The van der Waals surface area contributed by atoms with E-state index in [0.717, 1.165) is 11.5 Å². The van der Waals surface area contributed by atoms with Gasteiger partial charge in [0, 0.05) is 6.07 Å². The Morgan fingerprint density at radius 3 is 2.50 bits per heavy atom. The largest absolute Gasteiger partial charge is 0.810 e. The predicted molar refractivity (Wildman–Crippen MR) is 52.1 cm³/mol. The van der Waals surface area contributed by atoms with Crippen molar-refractivity contribution in [2.75, 3.05) is 7.11 Å². The molecule has 0 saturated heterocycles. The van der Waals surface area contributed by atoms with Crippen molar-refractivity contribution in [1.82, 2.24) is 0 Å². The topological polar surface area (TPSA) is 22.0 Å². The molecule has 0 amide bonds. The van der Waals surface area contributed by atoms with E-state index in [0.29, 0.717) is 0 Å². The van der Waals surface area contributed by atoms with Gasteiger partial charge in [0.25, 0.3) is 5.75 Å². The summed E-state index contributed by atoms with van der Waals surface area (Å²) in [5.74, 6) is 6.15. The van der Waals surface area contributed by atoms with Gasteiger partial charge in [-0.25, -0.2) is 0 Å². The van der Waals surface area contributed by atoms with E-state index < -0.39 is 14.5 Å². The van der Waals surface area contributed by atoms with Crippen LogP contribution in [0.4, 0.5) is 0 Å². The highest BCUT2D eigenvalue weighted by Crippen LogP contribution is 2.26. The van der Waals surface area contributed by atoms with Crippen LogP contribution in [0.25, 0.3) is 0 Å². The molecule has 0 spiro atoms. The van der Waals surface area contributed by atoms with Crippen molar-refractivity contribution in [3.05, 3.63) is 24.3 Å². The highest BCUT2D eigenvalue weighted by Gasteiger charge is 2.03. The van der Waals surface area contributed by atoms with E-state index >= 15 is 0 Å². The van der Waals surface area contributed by atoms with Crippen LogP contribution in [0.5, 0.6) is 11.5 Å². The summed E-state index contributed by atoms with van der Waals surface area (Å²) in [6, 6.07) is 7.87. The third-order valence-corrected chi connectivity index (χ3v) is 2.19. The monoisotopic (exact) mass is 181 g/mol. The number of aliphatic hydroxyl groups is 1. The Morgan fingerprint density at radius 2 is 1.92 bits per heavy atom. The lowest BCUT2D eigenvalue weighted by Gasteiger charge is -2.20. The van der Waals surface area contributed by atoms with Crippen LogP contribution in [0.3, 0.4) is 0 Å². The van der Waals surface area contributed by atoms with Crippen LogP contribution in [-0.4, -0.2) is 26.3 Å². The van der Waals surface area contributed by atoms with Crippen molar-refractivity contribution < 1.29 is 8.53 Å². The molecular weight excluding hydrogens is 167 g/mol. The normalized spacial score (nSPS) is 10.0. The molecular formula is C9H14AlO2. The summed E-state index contributed by atoms with van der Waals surface area (Å²) in [5, 5.41) is 0. The second-order valence-corrected chi connectivity index (χ2v) is 5.19. The van der Waals surface area contributed by atoms with Crippen molar-refractivity contribution in [3.8, 4) is 11.5 Å². The fourth-order valence-electron chi connectivity index (χ4n) is 0.995. The first-order valence-electron chi connectivity index (χ1n) is 4.09. The van der Waals surface area contributed by atoms with Gasteiger partial charge in [-0.1, -0.05) is 12.1 Å². The van der Waals surface area contributed by atoms with Crippen LogP contribution in [0, 0.1) is 0 Å². The van der Waals surface area contributed by atoms with Gasteiger partial charge in [0.2, 0.25) is 14.5 Å². The number of aromatic hydroxyl groups is 1. The maximum absolute atomic E-state index is 5.68. The van der Waals surface area contributed by atoms with Crippen molar-refractivity contribution in [3.63, 3.8) is 0 Å². The van der Waals surface area contributed by atoms with Gasteiger partial charge in [-0.05, 0) is 6.07 Å². The van der Waals surface area contributed by atoms with Gasteiger partial charge in [0.1, 0.15) is 5.75 Å². The minimum Gasteiger partial charge on any atom is -0.810 e. The Bertz CT molecular complexity index is 248. The van der Waals surface area contributed by atoms with E-state index in [-0.39, 0.29) is 0 Å². The third-order valence-electron chi connectivity index (χ3n) is 1.47. The lowest BCUT2D eigenvalue weighted by Crippen LogP contribution is -2.11. The maximum atomic E-state index is 5.68. The maximum Gasteiger partial charge on any atom is 0.290 e. The van der Waals surface area contributed by atoms with Crippen molar-refractivity contribution in [1.29, 1.82) is 0 Å². The standard InChI is InChI=1S/C7H8O2.2CH3.Al/c1-9-7-5-3-2-4-6(7)8;;;/h2-5,8H,1H3;2*1H3;. The Hall–Kier alpha value is -0.648. The van der Waals surface area contributed by atoms with Crippen LogP contribution in [0.2, 0.25) is 11.6 Å². The van der Waals surface area contributed by atoms with E-state index in [1.165, 1.54) is 0 Å². The Labute approximate surface area is 77.8 Å². The van der Waals surface area contributed by atoms with Gasteiger partial charge in [0.15, 0.2) is 7.11 Å². The molecule has 0 aliphatic heterocycles. The van der Waals surface area contributed by atoms with E-state index in [1.54, 1.807) is 7.11 Å². The van der Waals surface area contributed by atoms with Gasteiger partial charge >= 0.3 is 0 Å². The second kappa shape index (κ2) is 4.40. The molecule has 2 nitrogen and oxygen atoms in total. The summed E-state index contributed by atoms with van der Waals surface area (Å²) in [6.07, 6.45) is 0. The molecule has 1 aromatic rings. The zero-order chi connectivity index (χ0) is 8.97. The Kier molecular flexibility index (Phi) is 3.46. The number of ether oxygens (including phenoxy) is 1. The molecule has 1 N–H and O–H groups in total. The molecule has 0 fully saturated rings. The second-order valence-electron chi connectivity index (χ2n) is 2.86. The zero-order valence-corrected chi connectivity index (χ0v) is 8.90. The summed E-state index contributed by atoms with van der Waals surface area (Å²) in [5.41, 5.74) is 0. The number of hydrogen-bond donors (Lipinski definition) is 0. The van der Waals surface area contributed by atoms with Gasteiger partial charge in [-0.3, -0.25) is 0 Å². The molecule has 0 aliphatic rings. The first kappa shape index (κ1) is 9.44. The number of benzene rings is 1. The van der Waals surface area contributed by atoms with Gasteiger partial charge in [-0.15, -0.1) is 0 Å². The average Bonchev–Trinajstić information content (AvgIpc) is 2.04. The van der Waals surface area contributed by atoms with Gasteiger partial charge < -0.3 is 8.53 Å². The molecule has 0 atom stereocenters. The molecule has 1 radical (unpaired) electrons. The fourth-order valence-corrected chi connectivity index (χ4v) is 1.70. The number of rotatable bonds is 3. The molecule has 3 heteroatoms. The lowest BCUT2D eigenvalue weighted by atomic mass is 10.3. The van der Waals surface area contributed by atoms with Crippen LogP contribution >= 0.6 is 0 Å². The number of hydrogen-bond acceptors (Lipinski definition) is 1. The van der Waals surface area contributed by atoms with E-state index in [4.69, 9.17) is 3.79 Å². The first-order chi connectivity index (χ1) is 5.74. The van der Waals surface area contributed by atoms with Crippen molar-refractivity contribution >= 4 is 14.5 Å². The van der Waals surface area contributed by atoms with Crippen LogP contribution in [-0.2, 0) is 0 Å². The Morgan fingerprint density at radius 1 is 1.25 bits per heavy atom. The fraction of sp³-hybridized carbons (Fsp3) is 0.333. The minimum absolute atomic E-state index is 0.918. The molecule has 0 aliphatic carbocycles. The minimum atomic E-state index is -0.999. The number of para-hydroxylation sites is 2.